The van der Waals surface area contributed by atoms with Gasteiger partial charge >= 0.3 is 0 Å². The Bertz CT molecular complexity index is 537. The fourth-order valence-corrected chi connectivity index (χ4v) is 5.07. The SMILES string of the molecule is O=S(=O)(NCC1(CCO)CC1)c1cc(Cl)sc1Cl. The molecule has 102 valence electrons. The monoisotopic (exact) mass is 329 g/mol. The molecule has 0 radical (unpaired) electrons. The molecule has 1 saturated carbocycles. The van der Waals surface area contributed by atoms with Crippen LogP contribution in [0.15, 0.2) is 11.0 Å². The Morgan fingerprint density at radius 3 is 2.56 bits per heavy atom. The molecule has 2 N–H and O–H groups in total. The number of halogens is 2. The highest BCUT2D eigenvalue weighted by Gasteiger charge is 2.42. The molecule has 18 heavy (non-hydrogen) atoms. The van der Waals surface area contributed by atoms with Gasteiger partial charge in [-0.25, -0.2) is 13.1 Å². The third-order valence-corrected chi connectivity index (χ3v) is 6.31. The van der Waals surface area contributed by atoms with E-state index in [0.29, 0.717) is 17.3 Å². The van der Waals surface area contributed by atoms with Crippen LogP contribution in [0, 0.1) is 5.41 Å². The molecule has 8 heteroatoms. The predicted molar refractivity (Wildman–Crippen MR) is 72.9 cm³/mol. The zero-order valence-electron chi connectivity index (χ0n) is 9.45. The summed E-state index contributed by atoms with van der Waals surface area (Å²) in [4.78, 5) is 0.0268. The van der Waals surface area contributed by atoms with Gasteiger partial charge in [0.25, 0.3) is 0 Å². The van der Waals surface area contributed by atoms with Crippen LogP contribution in [0.1, 0.15) is 19.3 Å². The van der Waals surface area contributed by atoms with Gasteiger partial charge in [-0.2, -0.15) is 0 Å². The summed E-state index contributed by atoms with van der Waals surface area (Å²) in [6, 6.07) is 1.35. The summed E-state index contributed by atoms with van der Waals surface area (Å²) in [6.07, 6.45) is 2.50. The van der Waals surface area contributed by atoms with Crippen LogP contribution in [0.2, 0.25) is 8.67 Å². The fourth-order valence-electron chi connectivity index (χ4n) is 1.76. The second kappa shape index (κ2) is 5.26. The summed E-state index contributed by atoms with van der Waals surface area (Å²) in [5.74, 6) is 0. The number of rotatable bonds is 6. The van der Waals surface area contributed by atoms with Crippen LogP contribution < -0.4 is 4.72 Å². The van der Waals surface area contributed by atoms with Gasteiger partial charge in [0.05, 0.1) is 4.34 Å². The zero-order valence-corrected chi connectivity index (χ0v) is 12.6. The first-order chi connectivity index (χ1) is 8.38. The van der Waals surface area contributed by atoms with Crippen molar-refractivity contribution in [3.63, 3.8) is 0 Å². The van der Waals surface area contributed by atoms with Crippen LogP contribution in [0.4, 0.5) is 0 Å². The predicted octanol–water partition coefficient (Wildman–Crippen LogP) is 2.50. The van der Waals surface area contributed by atoms with Gasteiger partial charge in [0, 0.05) is 13.2 Å². The van der Waals surface area contributed by atoms with E-state index in [2.05, 4.69) is 4.72 Å². The van der Waals surface area contributed by atoms with E-state index in [1.165, 1.54) is 6.07 Å². The van der Waals surface area contributed by atoms with Gasteiger partial charge in [-0.05, 0) is 30.7 Å². The van der Waals surface area contributed by atoms with E-state index in [4.69, 9.17) is 28.3 Å². The van der Waals surface area contributed by atoms with Gasteiger partial charge in [-0.1, -0.05) is 23.2 Å². The summed E-state index contributed by atoms with van der Waals surface area (Å²) >= 11 is 12.6. The summed E-state index contributed by atoms with van der Waals surface area (Å²) in [5.41, 5.74) is -0.0753. The van der Waals surface area contributed by atoms with Gasteiger partial charge < -0.3 is 5.11 Å². The molecule has 0 aliphatic heterocycles. The number of hydrogen-bond acceptors (Lipinski definition) is 4. The van der Waals surface area contributed by atoms with Crippen molar-refractivity contribution in [2.75, 3.05) is 13.2 Å². The van der Waals surface area contributed by atoms with Gasteiger partial charge in [0.15, 0.2) is 0 Å². The lowest BCUT2D eigenvalue weighted by Crippen LogP contribution is -2.30. The molecule has 1 heterocycles. The molecule has 2 rings (SSSR count). The highest BCUT2D eigenvalue weighted by Crippen LogP contribution is 2.48. The highest BCUT2D eigenvalue weighted by molar-refractivity contribution is 7.89. The average molecular weight is 330 g/mol. The second-order valence-electron chi connectivity index (χ2n) is 4.49. The van der Waals surface area contributed by atoms with Crippen LogP contribution in [0.25, 0.3) is 0 Å². The Balaban J connectivity index is 2.06. The fraction of sp³-hybridized carbons (Fsp3) is 0.600. The molecule has 0 spiro atoms. The quantitative estimate of drug-likeness (QED) is 0.842. The van der Waals surface area contributed by atoms with E-state index in [-0.39, 0.29) is 21.3 Å². The van der Waals surface area contributed by atoms with Crippen LogP contribution in [0.3, 0.4) is 0 Å². The molecule has 0 amide bonds. The first-order valence-corrected chi connectivity index (χ1v) is 8.49. The minimum atomic E-state index is -3.62. The number of aliphatic hydroxyl groups excluding tert-OH is 1. The molecule has 0 saturated heterocycles. The lowest BCUT2D eigenvalue weighted by molar-refractivity contribution is 0.249. The van der Waals surface area contributed by atoms with Crippen molar-refractivity contribution in [2.24, 2.45) is 5.41 Å². The first kappa shape index (κ1) is 14.6. The maximum Gasteiger partial charge on any atom is 0.242 e. The van der Waals surface area contributed by atoms with Gasteiger partial charge in [-0.15, -0.1) is 11.3 Å². The van der Waals surface area contributed by atoms with Crippen LogP contribution >= 0.6 is 34.5 Å². The molecular weight excluding hydrogens is 317 g/mol. The van der Waals surface area contributed by atoms with Crippen molar-refractivity contribution in [3.05, 3.63) is 14.7 Å². The van der Waals surface area contributed by atoms with E-state index in [0.717, 1.165) is 24.2 Å². The largest absolute Gasteiger partial charge is 0.396 e. The number of thiophene rings is 1. The number of sulfonamides is 1. The molecule has 1 aliphatic rings. The van der Waals surface area contributed by atoms with E-state index in [1.54, 1.807) is 0 Å². The highest BCUT2D eigenvalue weighted by atomic mass is 35.5. The van der Waals surface area contributed by atoms with Gasteiger partial charge in [0.1, 0.15) is 9.23 Å². The molecule has 4 nitrogen and oxygen atoms in total. The summed E-state index contributed by atoms with van der Waals surface area (Å²) in [5, 5.41) is 8.92. The Kier molecular flexibility index (Phi) is 4.26. The lowest BCUT2D eigenvalue weighted by Gasteiger charge is -2.14. The summed E-state index contributed by atoms with van der Waals surface area (Å²) in [6.45, 7) is 0.409. The number of nitrogens with one attached hydrogen (secondary N) is 1. The summed E-state index contributed by atoms with van der Waals surface area (Å²) < 4.78 is 27.1. The molecule has 1 aliphatic carbocycles. The first-order valence-electron chi connectivity index (χ1n) is 5.44. The van der Waals surface area contributed by atoms with E-state index >= 15 is 0 Å². The Morgan fingerprint density at radius 1 is 1.44 bits per heavy atom. The normalized spacial score (nSPS) is 17.9. The minimum Gasteiger partial charge on any atom is -0.396 e. The Labute approximate surface area is 120 Å². The van der Waals surface area contributed by atoms with Crippen LogP contribution in [-0.2, 0) is 10.0 Å². The molecule has 1 fully saturated rings. The van der Waals surface area contributed by atoms with E-state index < -0.39 is 10.0 Å². The minimum absolute atomic E-state index is 0.0268. The molecule has 0 unspecified atom stereocenters. The molecule has 0 bridgehead atoms. The second-order valence-corrected chi connectivity index (χ2v) is 8.51. The van der Waals surface area contributed by atoms with E-state index in [9.17, 15) is 8.42 Å². The van der Waals surface area contributed by atoms with Crippen molar-refractivity contribution in [1.29, 1.82) is 0 Å². The molecule has 0 aromatic carbocycles. The summed E-state index contributed by atoms with van der Waals surface area (Å²) in [7, 11) is -3.62. The topological polar surface area (TPSA) is 66.4 Å². The van der Waals surface area contributed by atoms with Crippen LogP contribution in [0.5, 0.6) is 0 Å². The average Bonchev–Trinajstić information content (AvgIpc) is 2.96. The smallest absolute Gasteiger partial charge is 0.242 e. The number of aliphatic hydroxyl groups is 1. The van der Waals surface area contributed by atoms with Crippen molar-refractivity contribution in [3.8, 4) is 0 Å². The van der Waals surface area contributed by atoms with Gasteiger partial charge in [0.2, 0.25) is 10.0 Å². The third kappa shape index (κ3) is 3.18. The third-order valence-electron chi connectivity index (χ3n) is 3.15. The van der Waals surface area contributed by atoms with E-state index in [1.807, 2.05) is 0 Å². The van der Waals surface area contributed by atoms with Gasteiger partial charge in [-0.3, -0.25) is 0 Å². The molecule has 1 aromatic rings. The maximum atomic E-state index is 12.0. The zero-order chi connectivity index (χ0) is 13.4. The Hall–Kier alpha value is 0.150. The van der Waals surface area contributed by atoms with Crippen molar-refractivity contribution < 1.29 is 13.5 Å². The maximum absolute atomic E-state index is 12.0. The lowest BCUT2D eigenvalue weighted by atomic mass is 10.0. The number of hydrogen-bond donors (Lipinski definition) is 2. The van der Waals surface area contributed by atoms with Crippen molar-refractivity contribution >= 4 is 44.6 Å². The Morgan fingerprint density at radius 2 is 2.11 bits per heavy atom. The van der Waals surface area contributed by atoms with Crippen molar-refractivity contribution in [2.45, 2.75) is 24.2 Å². The molecule has 1 aromatic heterocycles. The molecular formula is C10H13Cl2NO3S2. The molecule has 0 atom stereocenters. The standard InChI is InChI=1S/C10H13Cl2NO3S2/c11-8-5-7(9(12)17-8)18(15,16)13-6-10(1-2-10)3-4-14/h5,13-14H,1-4,6H2. The van der Waals surface area contributed by atoms with Crippen LogP contribution in [-0.4, -0.2) is 26.7 Å². The van der Waals surface area contributed by atoms with Crippen molar-refractivity contribution in [1.82, 2.24) is 4.72 Å².